The Morgan fingerprint density at radius 3 is 2.70 bits per heavy atom. The zero-order chi connectivity index (χ0) is 14.7. The number of halogens is 3. The lowest BCUT2D eigenvalue weighted by molar-refractivity contribution is -0.384. The van der Waals surface area contributed by atoms with Crippen LogP contribution in [0.3, 0.4) is 0 Å². The van der Waals surface area contributed by atoms with Crippen molar-refractivity contribution in [2.75, 3.05) is 5.32 Å². The van der Waals surface area contributed by atoms with E-state index in [4.69, 9.17) is 11.6 Å². The minimum Gasteiger partial charge on any atom is -0.381 e. The predicted octanol–water partition coefficient (Wildman–Crippen LogP) is 4.76. The van der Waals surface area contributed by atoms with Gasteiger partial charge < -0.3 is 5.32 Å². The summed E-state index contributed by atoms with van der Waals surface area (Å²) in [5.41, 5.74) is 1.10. The van der Waals surface area contributed by atoms with Crippen molar-refractivity contribution in [2.45, 2.75) is 6.54 Å². The molecule has 0 heterocycles. The zero-order valence-electron chi connectivity index (χ0n) is 10.1. The van der Waals surface area contributed by atoms with Crippen LogP contribution in [0.5, 0.6) is 0 Å². The number of hydrogen-bond acceptors (Lipinski definition) is 3. The Balaban J connectivity index is 2.15. The molecule has 0 aromatic heterocycles. The van der Waals surface area contributed by atoms with E-state index in [1.54, 1.807) is 12.1 Å². The maximum Gasteiger partial charge on any atom is 0.269 e. The fourth-order valence-electron chi connectivity index (χ4n) is 1.61. The second-order valence-electron chi connectivity index (χ2n) is 4.02. The van der Waals surface area contributed by atoms with Crippen molar-refractivity contribution in [3.63, 3.8) is 0 Å². The monoisotopic (exact) mass is 358 g/mol. The quantitative estimate of drug-likeness (QED) is 0.632. The Bertz CT molecular complexity index is 667. The number of benzene rings is 2. The van der Waals surface area contributed by atoms with Crippen molar-refractivity contribution in [2.24, 2.45) is 0 Å². The second-order valence-corrected chi connectivity index (χ2v) is 5.28. The van der Waals surface area contributed by atoms with Gasteiger partial charge in [-0.15, -0.1) is 0 Å². The molecule has 0 atom stereocenters. The van der Waals surface area contributed by atoms with Gasteiger partial charge >= 0.3 is 0 Å². The van der Waals surface area contributed by atoms with Crippen LogP contribution in [0.15, 0.2) is 40.9 Å². The van der Waals surface area contributed by atoms with Crippen LogP contribution in [-0.2, 0) is 6.54 Å². The minimum atomic E-state index is -0.487. The molecule has 0 spiro atoms. The fourth-order valence-corrected chi connectivity index (χ4v) is 2.04. The van der Waals surface area contributed by atoms with E-state index < -0.39 is 4.92 Å². The molecule has 20 heavy (non-hydrogen) atoms. The third-order valence-electron chi connectivity index (χ3n) is 2.64. The Morgan fingerprint density at radius 1 is 1.30 bits per heavy atom. The third kappa shape index (κ3) is 3.46. The molecule has 0 unspecified atom stereocenters. The van der Waals surface area contributed by atoms with E-state index in [-0.39, 0.29) is 18.0 Å². The number of nitrogens with zero attached hydrogens (tertiary/aromatic N) is 1. The van der Waals surface area contributed by atoms with Gasteiger partial charge in [-0.2, -0.15) is 0 Å². The number of nitro groups is 1. The first-order chi connectivity index (χ1) is 9.47. The van der Waals surface area contributed by atoms with Crippen LogP contribution in [-0.4, -0.2) is 4.92 Å². The van der Waals surface area contributed by atoms with Crippen LogP contribution in [0, 0.1) is 15.9 Å². The van der Waals surface area contributed by atoms with E-state index in [1.807, 2.05) is 0 Å². The average Bonchev–Trinajstić information content (AvgIpc) is 2.41. The molecule has 0 amide bonds. The van der Waals surface area contributed by atoms with Crippen LogP contribution >= 0.6 is 27.5 Å². The number of rotatable bonds is 4. The lowest BCUT2D eigenvalue weighted by Crippen LogP contribution is -2.01. The molecule has 2 aromatic carbocycles. The molecule has 0 aliphatic rings. The highest BCUT2D eigenvalue weighted by molar-refractivity contribution is 9.10. The van der Waals surface area contributed by atoms with E-state index in [9.17, 15) is 14.5 Å². The number of nitrogens with one attached hydrogen (secondary N) is 1. The number of hydrogen-bond donors (Lipinski definition) is 1. The molecular formula is C13H9BrClFN2O2. The Labute approximate surface area is 127 Å². The van der Waals surface area contributed by atoms with Gasteiger partial charge in [0, 0.05) is 29.4 Å². The van der Waals surface area contributed by atoms with Crippen LogP contribution in [0.4, 0.5) is 15.8 Å². The van der Waals surface area contributed by atoms with Crippen molar-refractivity contribution in [3.05, 3.63) is 67.4 Å². The number of nitro benzene ring substituents is 1. The van der Waals surface area contributed by atoms with Gasteiger partial charge in [0.15, 0.2) is 0 Å². The van der Waals surface area contributed by atoms with Crippen molar-refractivity contribution in [1.82, 2.24) is 0 Å². The van der Waals surface area contributed by atoms with E-state index in [0.29, 0.717) is 20.7 Å². The summed E-state index contributed by atoms with van der Waals surface area (Å²) in [6.45, 7) is 0.265. The van der Waals surface area contributed by atoms with Crippen molar-refractivity contribution in [1.29, 1.82) is 0 Å². The first-order valence-electron chi connectivity index (χ1n) is 5.59. The third-order valence-corrected chi connectivity index (χ3v) is 3.65. The van der Waals surface area contributed by atoms with Gasteiger partial charge in [0.05, 0.1) is 9.40 Å². The fraction of sp³-hybridized carbons (Fsp3) is 0.0769. The van der Waals surface area contributed by atoms with Crippen LogP contribution in [0.2, 0.25) is 5.02 Å². The normalized spacial score (nSPS) is 10.3. The maximum absolute atomic E-state index is 13.4. The summed E-state index contributed by atoms with van der Waals surface area (Å²) in [4.78, 5) is 10.2. The highest BCUT2D eigenvalue weighted by Crippen LogP contribution is 2.24. The SMILES string of the molecule is O=[N+]([O-])c1ccc(Cl)c(CNc2ccc(Br)c(F)c2)c1. The molecule has 0 aliphatic carbocycles. The Morgan fingerprint density at radius 2 is 2.05 bits per heavy atom. The van der Waals surface area contributed by atoms with Gasteiger partial charge in [-0.25, -0.2) is 4.39 Å². The topological polar surface area (TPSA) is 55.2 Å². The first-order valence-corrected chi connectivity index (χ1v) is 6.76. The van der Waals surface area contributed by atoms with Gasteiger partial charge in [-0.3, -0.25) is 10.1 Å². The molecule has 0 fully saturated rings. The summed E-state index contributed by atoms with van der Waals surface area (Å²) in [5.74, 6) is -0.389. The predicted molar refractivity (Wildman–Crippen MR) is 79.5 cm³/mol. The lowest BCUT2D eigenvalue weighted by atomic mass is 10.2. The van der Waals surface area contributed by atoms with Crippen molar-refractivity contribution >= 4 is 38.9 Å². The van der Waals surface area contributed by atoms with Gasteiger partial charge in [0.1, 0.15) is 5.82 Å². The molecule has 7 heteroatoms. The Hall–Kier alpha value is -1.66. The molecule has 104 valence electrons. The highest BCUT2D eigenvalue weighted by Gasteiger charge is 2.09. The minimum absolute atomic E-state index is 0.0341. The summed E-state index contributed by atoms with van der Waals surface area (Å²) in [5, 5.41) is 14.1. The van der Waals surface area contributed by atoms with Crippen molar-refractivity contribution < 1.29 is 9.31 Å². The molecule has 1 N–H and O–H groups in total. The summed E-state index contributed by atoms with van der Waals surface area (Å²) in [7, 11) is 0. The summed E-state index contributed by atoms with van der Waals surface area (Å²) in [6, 6.07) is 8.80. The van der Waals surface area contributed by atoms with Crippen LogP contribution in [0.25, 0.3) is 0 Å². The number of anilines is 1. The molecular weight excluding hydrogens is 351 g/mol. The standard InChI is InChI=1S/C13H9BrClFN2O2/c14-11-3-1-9(6-13(11)16)17-7-8-5-10(18(19)20)2-4-12(8)15/h1-6,17H,7H2. The first kappa shape index (κ1) is 14.7. The summed E-state index contributed by atoms with van der Waals surface area (Å²) in [6.07, 6.45) is 0. The van der Waals surface area contributed by atoms with E-state index in [2.05, 4.69) is 21.2 Å². The van der Waals surface area contributed by atoms with Gasteiger partial charge in [0.25, 0.3) is 5.69 Å². The molecule has 0 saturated heterocycles. The second kappa shape index (κ2) is 6.19. The largest absolute Gasteiger partial charge is 0.381 e. The Kier molecular flexibility index (Phi) is 4.57. The van der Waals surface area contributed by atoms with Crippen LogP contribution < -0.4 is 5.32 Å². The van der Waals surface area contributed by atoms with E-state index in [0.717, 1.165) is 0 Å². The van der Waals surface area contributed by atoms with Crippen molar-refractivity contribution in [3.8, 4) is 0 Å². The molecule has 2 aromatic rings. The molecule has 2 rings (SSSR count). The van der Waals surface area contributed by atoms with Gasteiger partial charge in [0.2, 0.25) is 0 Å². The molecule has 0 aliphatic heterocycles. The smallest absolute Gasteiger partial charge is 0.269 e. The summed E-state index contributed by atoms with van der Waals surface area (Å²) < 4.78 is 13.7. The zero-order valence-corrected chi connectivity index (χ0v) is 12.4. The summed E-state index contributed by atoms with van der Waals surface area (Å²) >= 11 is 9.04. The van der Waals surface area contributed by atoms with E-state index >= 15 is 0 Å². The van der Waals surface area contributed by atoms with Gasteiger partial charge in [-0.05, 0) is 45.8 Å². The van der Waals surface area contributed by atoms with Crippen LogP contribution in [0.1, 0.15) is 5.56 Å². The lowest BCUT2D eigenvalue weighted by Gasteiger charge is -2.08. The van der Waals surface area contributed by atoms with E-state index in [1.165, 1.54) is 24.3 Å². The maximum atomic E-state index is 13.4. The highest BCUT2D eigenvalue weighted by atomic mass is 79.9. The molecule has 0 radical (unpaired) electrons. The molecule has 0 bridgehead atoms. The molecule has 0 saturated carbocycles. The number of non-ortho nitro benzene ring substituents is 1. The van der Waals surface area contributed by atoms with Gasteiger partial charge in [-0.1, -0.05) is 11.6 Å². The molecule has 4 nitrogen and oxygen atoms in total. The average molecular weight is 360 g/mol.